The number of pyridine rings is 1. The minimum atomic E-state index is 0.204. The van der Waals surface area contributed by atoms with Gasteiger partial charge in [-0.15, -0.1) is 0 Å². The van der Waals surface area contributed by atoms with E-state index in [4.69, 9.17) is 9.40 Å². The molecule has 0 aliphatic rings. The molecule has 2 atom stereocenters. The third-order valence-electron chi connectivity index (χ3n) is 7.17. The predicted molar refractivity (Wildman–Crippen MR) is 139 cm³/mol. The van der Waals surface area contributed by atoms with Crippen molar-refractivity contribution in [2.24, 2.45) is 5.41 Å². The Balaban J connectivity index is 1.58. The molecule has 5 aromatic rings. The van der Waals surface area contributed by atoms with E-state index in [0.717, 1.165) is 33.2 Å². The molecule has 5 rings (SSSR count). The molecule has 3 aromatic carbocycles. The van der Waals surface area contributed by atoms with E-state index in [-0.39, 0.29) is 5.41 Å². The minimum Gasteiger partial charge on any atom is -0.456 e. The maximum absolute atomic E-state index is 6.17. The molecular formula is C31H31NO. The van der Waals surface area contributed by atoms with Gasteiger partial charge in [-0.3, -0.25) is 4.98 Å². The number of aromatic nitrogens is 1. The van der Waals surface area contributed by atoms with Crippen LogP contribution in [0.5, 0.6) is 0 Å². The topological polar surface area (TPSA) is 26.0 Å². The number of nitrogens with zero attached hydrogens (tertiary/aromatic N) is 1. The van der Waals surface area contributed by atoms with Crippen molar-refractivity contribution in [1.82, 2.24) is 4.98 Å². The molecule has 0 spiro atoms. The van der Waals surface area contributed by atoms with Crippen molar-refractivity contribution < 1.29 is 4.42 Å². The summed E-state index contributed by atoms with van der Waals surface area (Å²) in [4.78, 5) is 4.70. The number of hydrogen-bond acceptors (Lipinski definition) is 2. The Hall–Kier alpha value is -3.39. The van der Waals surface area contributed by atoms with Gasteiger partial charge in [0.05, 0.1) is 5.69 Å². The molecule has 0 saturated heterocycles. The van der Waals surface area contributed by atoms with Crippen LogP contribution in [-0.4, -0.2) is 4.98 Å². The zero-order chi connectivity index (χ0) is 23.2. The fraction of sp³-hybridized carbons (Fsp3) is 0.258. The van der Waals surface area contributed by atoms with Crippen LogP contribution in [0.4, 0.5) is 0 Å². The van der Waals surface area contributed by atoms with Crippen LogP contribution < -0.4 is 0 Å². The largest absolute Gasteiger partial charge is 0.456 e. The highest BCUT2D eigenvalue weighted by Crippen LogP contribution is 2.37. The number of furan rings is 1. The first kappa shape index (κ1) is 21.5. The molecule has 0 fully saturated rings. The van der Waals surface area contributed by atoms with Crippen LogP contribution in [0.2, 0.25) is 0 Å². The second kappa shape index (κ2) is 8.19. The summed E-state index contributed by atoms with van der Waals surface area (Å²) in [6.45, 7) is 11.4. The van der Waals surface area contributed by atoms with E-state index >= 15 is 0 Å². The molecule has 0 aliphatic carbocycles. The van der Waals surface area contributed by atoms with E-state index in [2.05, 4.69) is 113 Å². The summed E-state index contributed by atoms with van der Waals surface area (Å²) < 4.78 is 6.17. The number of benzene rings is 3. The van der Waals surface area contributed by atoms with Crippen molar-refractivity contribution in [2.75, 3.05) is 0 Å². The van der Waals surface area contributed by atoms with E-state index in [0.29, 0.717) is 11.8 Å². The monoisotopic (exact) mass is 433 g/mol. The third-order valence-corrected chi connectivity index (χ3v) is 7.17. The van der Waals surface area contributed by atoms with Gasteiger partial charge >= 0.3 is 0 Å². The van der Waals surface area contributed by atoms with Gasteiger partial charge in [0.15, 0.2) is 0 Å². The number of hydrogen-bond donors (Lipinski definition) is 0. The van der Waals surface area contributed by atoms with Crippen LogP contribution in [0.3, 0.4) is 0 Å². The highest BCUT2D eigenvalue weighted by molar-refractivity contribution is 6.06. The fourth-order valence-electron chi connectivity index (χ4n) is 4.53. The molecule has 2 unspecified atom stereocenters. The van der Waals surface area contributed by atoms with Gasteiger partial charge in [-0.2, -0.15) is 0 Å². The first-order valence-electron chi connectivity index (χ1n) is 11.8. The van der Waals surface area contributed by atoms with E-state index in [1.165, 1.54) is 16.7 Å². The zero-order valence-corrected chi connectivity index (χ0v) is 20.1. The lowest BCUT2D eigenvalue weighted by Crippen LogP contribution is -2.15. The van der Waals surface area contributed by atoms with Crippen molar-refractivity contribution in [3.05, 3.63) is 102 Å². The van der Waals surface area contributed by atoms with Gasteiger partial charge in [0.25, 0.3) is 0 Å². The first-order chi connectivity index (χ1) is 15.8. The van der Waals surface area contributed by atoms with Crippen LogP contribution in [-0.2, 0) is 0 Å². The van der Waals surface area contributed by atoms with Gasteiger partial charge in [0.1, 0.15) is 11.2 Å². The number of rotatable bonds is 4. The lowest BCUT2D eigenvalue weighted by molar-refractivity contribution is 0.339. The minimum absolute atomic E-state index is 0.204. The lowest BCUT2D eigenvalue weighted by atomic mass is 9.78. The molecule has 2 nitrogen and oxygen atoms in total. The standard InChI is InChI=1S/C31H31NO/c1-20(22-9-7-6-8-10-22)23-11-13-29-26(17-23)27-18-25(12-14-30(27)33-29)28-19-24(15-16-32-28)21(2)31(3,4)5/h6-21H,1-5H3. The Labute approximate surface area is 196 Å². The predicted octanol–water partition coefficient (Wildman–Crippen LogP) is 8.95. The maximum atomic E-state index is 6.17. The van der Waals surface area contributed by atoms with Crippen molar-refractivity contribution in [3.63, 3.8) is 0 Å². The van der Waals surface area contributed by atoms with E-state index in [1.807, 2.05) is 6.20 Å². The molecule has 166 valence electrons. The van der Waals surface area contributed by atoms with Gasteiger partial charge in [-0.1, -0.05) is 71.0 Å². The molecule has 0 saturated carbocycles. The summed E-state index contributed by atoms with van der Waals surface area (Å²) in [6.07, 6.45) is 1.93. The zero-order valence-electron chi connectivity index (χ0n) is 20.1. The average molecular weight is 434 g/mol. The van der Waals surface area contributed by atoms with Crippen LogP contribution in [0.25, 0.3) is 33.2 Å². The molecule has 0 N–H and O–H groups in total. The smallest absolute Gasteiger partial charge is 0.135 e. The molecule has 2 heteroatoms. The SMILES string of the molecule is CC(c1ccccc1)c1ccc2oc3ccc(-c4cc(C(C)C(C)(C)C)ccn4)cc3c2c1. The van der Waals surface area contributed by atoms with Gasteiger partial charge in [-0.25, -0.2) is 0 Å². The normalized spacial score (nSPS) is 14.0. The van der Waals surface area contributed by atoms with Gasteiger partial charge < -0.3 is 4.42 Å². The highest BCUT2D eigenvalue weighted by atomic mass is 16.3. The molecule has 0 aliphatic heterocycles. The fourth-order valence-corrected chi connectivity index (χ4v) is 4.53. The second-order valence-electron chi connectivity index (χ2n) is 10.3. The molecule has 0 bridgehead atoms. The van der Waals surface area contributed by atoms with E-state index < -0.39 is 0 Å². The van der Waals surface area contributed by atoms with Gasteiger partial charge in [0, 0.05) is 28.5 Å². The highest BCUT2D eigenvalue weighted by Gasteiger charge is 2.22. The molecule has 0 radical (unpaired) electrons. The summed E-state index contributed by atoms with van der Waals surface area (Å²) in [6, 6.07) is 28.0. The summed E-state index contributed by atoms with van der Waals surface area (Å²) in [7, 11) is 0. The van der Waals surface area contributed by atoms with Crippen LogP contribution in [0.1, 0.15) is 63.1 Å². The molecule has 2 heterocycles. The van der Waals surface area contributed by atoms with Gasteiger partial charge in [-0.05, 0) is 70.5 Å². The Kier molecular flexibility index (Phi) is 5.32. The molecule has 33 heavy (non-hydrogen) atoms. The Morgan fingerprint density at radius 1 is 0.697 bits per heavy atom. The quantitative estimate of drug-likeness (QED) is 0.283. The second-order valence-corrected chi connectivity index (χ2v) is 10.3. The summed E-state index contributed by atoms with van der Waals surface area (Å²) in [5, 5.41) is 2.30. The lowest BCUT2D eigenvalue weighted by Gasteiger charge is -2.27. The average Bonchev–Trinajstić information content (AvgIpc) is 3.20. The maximum Gasteiger partial charge on any atom is 0.135 e. The van der Waals surface area contributed by atoms with Crippen LogP contribution in [0.15, 0.2) is 89.5 Å². The Morgan fingerprint density at radius 3 is 2.12 bits per heavy atom. The third kappa shape index (κ3) is 4.06. The summed E-state index contributed by atoms with van der Waals surface area (Å²) in [5.41, 5.74) is 8.11. The summed E-state index contributed by atoms with van der Waals surface area (Å²) >= 11 is 0. The first-order valence-corrected chi connectivity index (χ1v) is 11.8. The summed E-state index contributed by atoms with van der Waals surface area (Å²) in [5.74, 6) is 0.765. The van der Waals surface area contributed by atoms with Crippen LogP contribution >= 0.6 is 0 Å². The van der Waals surface area contributed by atoms with Crippen molar-refractivity contribution in [3.8, 4) is 11.3 Å². The van der Waals surface area contributed by atoms with Gasteiger partial charge in [0.2, 0.25) is 0 Å². The van der Waals surface area contributed by atoms with Crippen LogP contribution in [0, 0.1) is 5.41 Å². The molecular weight excluding hydrogens is 402 g/mol. The van der Waals surface area contributed by atoms with Crippen molar-refractivity contribution >= 4 is 21.9 Å². The number of fused-ring (bicyclic) bond motifs is 3. The van der Waals surface area contributed by atoms with Crippen molar-refractivity contribution in [2.45, 2.75) is 46.5 Å². The Bertz CT molecular complexity index is 1420. The van der Waals surface area contributed by atoms with E-state index in [1.54, 1.807) is 0 Å². The Morgan fingerprint density at radius 2 is 1.39 bits per heavy atom. The van der Waals surface area contributed by atoms with Crippen molar-refractivity contribution in [1.29, 1.82) is 0 Å². The molecule has 2 aromatic heterocycles. The molecule has 0 amide bonds. The van der Waals surface area contributed by atoms with E-state index in [9.17, 15) is 0 Å².